The summed E-state index contributed by atoms with van der Waals surface area (Å²) >= 11 is 0. The molecule has 0 radical (unpaired) electrons. The molecule has 2 rings (SSSR count). The summed E-state index contributed by atoms with van der Waals surface area (Å²) in [5.74, 6) is 1.52. The number of nitrogens with one attached hydrogen (secondary N) is 1. The normalized spacial score (nSPS) is 10.5. The predicted octanol–water partition coefficient (Wildman–Crippen LogP) is 2.45. The second-order valence-corrected chi connectivity index (χ2v) is 5.99. The molecule has 1 aromatic carbocycles. The lowest BCUT2D eigenvalue weighted by molar-refractivity contribution is 0.0688. The van der Waals surface area contributed by atoms with Crippen LogP contribution in [-0.2, 0) is 6.54 Å². The maximum atomic E-state index is 12.9. The zero-order valence-corrected chi connectivity index (χ0v) is 15.7. The molecule has 0 saturated carbocycles. The van der Waals surface area contributed by atoms with Gasteiger partial charge in [0, 0.05) is 29.9 Å². The molecule has 26 heavy (non-hydrogen) atoms. The van der Waals surface area contributed by atoms with Crippen molar-refractivity contribution in [1.82, 2.24) is 9.88 Å². The van der Waals surface area contributed by atoms with Gasteiger partial charge in [-0.1, -0.05) is 0 Å². The van der Waals surface area contributed by atoms with Gasteiger partial charge in [-0.05, 0) is 26.0 Å². The van der Waals surface area contributed by atoms with Gasteiger partial charge in [0.2, 0.25) is 5.56 Å². The van der Waals surface area contributed by atoms with E-state index >= 15 is 0 Å². The molecule has 0 atom stereocenters. The summed E-state index contributed by atoms with van der Waals surface area (Å²) in [4.78, 5) is 28.3. The summed E-state index contributed by atoms with van der Waals surface area (Å²) in [7, 11) is 4.67. The molecule has 140 valence electrons. The fourth-order valence-corrected chi connectivity index (χ4v) is 2.60. The second-order valence-electron chi connectivity index (χ2n) is 5.99. The Kier molecular flexibility index (Phi) is 6.27. The van der Waals surface area contributed by atoms with Gasteiger partial charge in [0.25, 0.3) is 5.91 Å². The van der Waals surface area contributed by atoms with Crippen LogP contribution in [0.1, 0.15) is 29.8 Å². The summed E-state index contributed by atoms with van der Waals surface area (Å²) in [5, 5.41) is 0. The highest BCUT2D eigenvalue weighted by atomic mass is 16.5. The lowest BCUT2D eigenvalue weighted by Gasteiger charge is -2.28. The Hall–Kier alpha value is -2.96. The predicted molar refractivity (Wildman–Crippen MR) is 98.2 cm³/mol. The number of ether oxygens (including phenoxy) is 3. The number of hydrogen-bond acceptors (Lipinski definition) is 5. The van der Waals surface area contributed by atoms with Gasteiger partial charge in [-0.2, -0.15) is 0 Å². The Bertz CT molecular complexity index is 809. The van der Waals surface area contributed by atoms with Crippen LogP contribution in [0.4, 0.5) is 0 Å². The van der Waals surface area contributed by atoms with Crippen molar-refractivity contribution in [1.29, 1.82) is 0 Å². The average Bonchev–Trinajstić information content (AvgIpc) is 2.65. The van der Waals surface area contributed by atoms with Crippen molar-refractivity contribution in [3.8, 4) is 17.2 Å². The number of carbonyl (C=O) groups is 1. The Labute approximate surface area is 152 Å². The molecule has 0 bridgehead atoms. The molecule has 0 unspecified atom stereocenters. The molecule has 1 heterocycles. The zero-order valence-electron chi connectivity index (χ0n) is 15.7. The van der Waals surface area contributed by atoms with E-state index in [2.05, 4.69) is 4.98 Å². The van der Waals surface area contributed by atoms with Crippen LogP contribution in [0.15, 0.2) is 35.3 Å². The molecule has 0 saturated heterocycles. The number of aromatic nitrogens is 1. The minimum absolute atomic E-state index is 0.0627. The highest BCUT2D eigenvalue weighted by Gasteiger charge is 2.22. The smallest absolute Gasteiger partial charge is 0.255 e. The number of carbonyl (C=O) groups excluding carboxylic acids is 1. The van der Waals surface area contributed by atoms with Crippen molar-refractivity contribution in [2.75, 3.05) is 21.3 Å². The second kappa shape index (κ2) is 8.42. The van der Waals surface area contributed by atoms with E-state index in [9.17, 15) is 9.59 Å². The van der Waals surface area contributed by atoms with E-state index in [1.54, 1.807) is 38.4 Å². The van der Waals surface area contributed by atoms with Gasteiger partial charge in [-0.25, -0.2) is 0 Å². The van der Waals surface area contributed by atoms with Gasteiger partial charge in [0.1, 0.15) is 5.75 Å². The number of benzene rings is 1. The van der Waals surface area contributed by atoms with Gasteiger partial charge in [-0.15, -0.1) is 0 Å². The SMILES string of the molecule is COc1cc(OC)c(OC)cc1CN(C(=O)c1ccc(=O)[nH]c1)C(C)C. The molecule has 1 amide bonds. The number of H-pyrrole nitrogens is 1. The van der Waals surface area contributed by atoms with E-state index in [1.807, 2.05) is 13.8 Å². The van der Waals surface area contributed by atoms with Crippen LogP contribution in [0, 0.1) is 0 Å². The quantitative estimate of drug-likeness (QED) is 0.820. The summed E-state index contributed by atoms with van der Waals surface area (Å²) < 4.78 is 16.1. The van der Waals surface area contributed by atoms with Crippen LogP contribution in [-0.4, -0.2) is 43.2 Å². The summed E-state index contributed by atoms with van der Waals surface area (Å²) in [5.41, 5.74) is 0.952. The molecule has 2 aromatic rings. The van der Waals surface area contributed by atoms with Gasteiger partial charge >= 0.3 is 0 Å². The Morgan fingerprint density at radius 2 is 1.65 bits per heavy atom. The van der Waals surface area contributed by atoms with Crippen molar-refractivity contribution in [2.24, 2.45) is 0 Å². The fourth-order valence-electron chi connectivity index (χ4n) is 2.60. The van der Waals surface area contributed by atoms with E-state index in [4.69, 9.17) is 14.2 Å². The topological polar surface area (TPSA) is 80.9 Å². The van der Waals surface area contributed by atoms with Crippen molar-refractivity contribution in [3.63, 3.8) is 0 Å². The molecule has 1 N–H and O–H groups in total. The lowest BCUT2D eigenvalue weighted by atomic mass is 10.1. The molecule has 0 aliphatic heterocycles. The summed E-state index contributed by atoms with van der Waals surface area (Å²) in [6, 6.07) is 6.32. The summed E-state index contributed by atoms with van der Waals surface area (Å²) in [6.45, 7) is 4.17. The molecule has 0 aliphatic carbocycles. The first kappa shape index (κ1) is 19.4. The molecule has 0 fully saturated rings. The first-order valence-electron chi connectivity index (χ1n) is 8.19. The third-order valence-corrected chi connectivity index (χ3v) is 4.04. The van der Waals surface area contributed by atoms with Crippen LogP contribution in [0.2, 0.25) is 0 Å². The fraction of sp³-hybridized carbons (Fsp3) is 0.368. The minimum Gasteiger partial charge on any atom is -0.496 e. The van der Waals surface area contributed by atoms with Crippen LogP contribution < -0.4 is 19.8 Å². The Morgan fingerprint density at radius 3 is 2.15 bits per heavy atom. The number of amides is 1. The Morgan fingerprint density at radius 1 is 1.04 bits per heavy atom. The number of nitrogens with zero attached hydrogens (tertiary/aromatic N) is 1. The van der Waals surface area contributed by atoms with Crippen molar-refractivity contribution >= 4 is 5.91 Å². The van der Waals surface area contributed by atoms with Crippen LogP contribution in [0.5, 0.6) is 17.2 Å². The van der Waals surface area contributed by atoms with Crippen LogP contribution >= 0.6 is 0 Å². The molecule has 1 aromatic heterocycles. The largest absolute Gasteiger partial charge is 0.496 e. The lowest BCUT2D eigenvalue weighted by Crippen LogP contribution is -2.36. The average molecular weight is 360 g/mol. The van der Waals surface area contributed by atoms with E-state index in [0.717, 1.165) is 5.56 Å². The minimum atomic E-state index is -0.251. The molecular formula is C19H24N2O5. The first-order chi connectivity index (χ1) is 12.4. The number of hydrogen-bond donors (Lipinski definition) is 1. The maximum Gasteiger partial charge on any atom is 0.255 e. The Balaban J connectivity index is 2.39. The number of pyridine rings is 1. The molecule has 0 spiro atoms. The zero-order chi connectivity index (χ0) is 19.3. The molecule has 0 aliphatic rings. The third-order valence-electron chi connectivity index (χ3n) is 4.04. The van der Waals surface area contributed by atoms with Gasteiger partial charge in [0.15, 0.2) is 11.5 Å². The van der Waals surface area contributed by atoms with Gasteiger partial charge in [-0.3, -0.25) is 9.59 Å². The van der Waals surface area contributed by atoms with Crippen molar-refractivity contribution in [2.45, 2.75) is 26.4 Å². The van der Waals surface area contributed by atoms with E-state index in [1.165, 1.54) is 18.3 Å². The molecular weight excluding hydrogens is 336 g/mol. The van der Waals surface area contributed by atoms with Gasteiger partial charge in [0.05, 0.1) is 33.4 Å². The highest BCUT2D eigenvalue weighted by Crippen LogP contribution is 2.35. The van der Waals surface area contributed by atoms with E-state index < -0.39 is 0 Å². The van der Waals surface area contributed by atoms with Crippen molar-refractivity contribution < 1.29 is 19.0 Å². The van der Waals surface area contributed by atoms with Gasteiger partial charge < -0.3 is 24.1 Å². The third kappa shape index (κ3) is 4.17. The van der Waals surface area contributed by atoms with E-state index in [-0.39, 0.29) is 17.5 Å². The highest BCUT2D eigenvalue weighted by molar-refractivity contribution is 5.94. The van der Waals surface area contributed by atoms with E-state index in [0.29, 0.717) is 29.4 Å². The maximum absolute atomic E-state index is 12.9. The van der Waals surface area contributed by atoms with Crippen LogP contribution in [0.3, 0.4) is 0 Å². The standard InChI is InChI=1S/C19H24N2O5/c1-12(2)21(19(23)13-6-7-18(22)20-10-13)11-14-8-16(25-4)17(26-5)9-15(14)24-3/h6-10,12H,11H2,1-5H3,(H,20,22). The summed E-state index contributed by atoms with van der Waals surface area (Å²) in [6.07, 6.45) is 1.42. The number of methoxy groups -OCH3 is 3. The van der Waals surface area contributed by atoms with Crippen molar-refractivity contribution in [3.05, 3.63) is 51.9 Å². The molecule has 7 heteroatoms. The number of rotatable bonds is 7. The molecule has 7 nitrogen and oxygen atoms in total. The number of aromatic amines is 1. The van der Waals surface area contributed by atoms with Crippen LogP contribution in [0.25, 0.3) is 0 Å². The first-order valence-corrected chi connectivity index (χ1v) is 8.19. The monoisotopic (exact) mass is 360 g/mol.